The fourth-order valence-corrected chi connectivity index (χ4v) is 1.49. The largest absolute Gasteiger partial charge is 0.260 e. The first-order chi connectivity index (χ1) is 5.43. The second-order valence-electron chi connectivity index (χ2n) is 2.23. The van der Waals surface area contributed by atoms with Crippen LogP contribution in [0.25, 0.3) is 0 Å². The van der Waals surface area contributed by atoms with Crippen LogP contribution in [0.15, 0.2) is 24.4 Å². The molecule has 0 saturated carbocycles. The molecule has 0 bridgehead atoms. The highest BCUT2D eigenvalue weighted by Gasteiger charge is 1.90. The van der Waals surface area contributed by atoms with E-state index in [4.69, 9.17) is 0 Å². The summed E-state index contributed by atoms with van der Waals surface area (Å²) in [5.74, 6) is 2.13. The van der Waals surface area contributed by atoms with Crippen LogP contribution in [0.5, 0.6) is 0 Å². The Hall–Kier alpha value is -0.500. The molecule has 0 N–H and O–H groups in total. The fourth-order valence-electron chi connectivity index (χ4n) is 0.762. The lowest BCUT2D eigenvalue weighted by Crippen LogP contribution is -1.85. The van der Waals surface area contributed by atoms with Gasteiger partial charge in [0.25, 0.3) is 0 Å². The number of pyridine rings is 1. The molecule has 0 unspecified atom stereocenters. The zero-order valence-electron chi connectivity index (χ0n) is 6.49. The standard InChI is InChI=1S/C9H12NS/c1-2-7-11-8-9-5-3-4-6-10-9/h3-6H,1-2,7-8H2. The molecule has 59 valence electrons. The van der Waals surface area contributed by atoms with Gasteiger partial charge in [0.05, 0.1) is 5.69 Å². The van der Waals surface area contributed by atoms with Crippen molar-refractivity contribution in [1.82, 2.24) is 4.98 Å². The summed E-state index contributed by atoms with van der Waals surface area (Å²) in [5, 5.41) is 0. The molecule has 2 heteroatoms. The van der Waals surface area contributed by atoms with E-state index in [0.29, 0.717) is 0 Å². The molecule has 0 amide bonds. The van der Waals surface area contributed by atoms with E-state index in [-0.39, 0.29) is 0 Å². The number of rotatable bonds is 4. The van der Waals surface area contributed by atoms with E-state index >= 15 is 0 Å². The van der Waals surface area contributed by atoms with E-state index in [1.165, 1.54) is 0 Å². The van der Waals surface area contributed by atoms with Gasteiger partial charge in [-0.1, -0.05) is 13.0 Å². The second-order valence-corrected chi connectivity index (χ2v) is 3.33. The Kier molecular flexibility index (Phi) is 4.06. The average molecular weight is 166 g/mol. The van der Waals surface area contributed by atoms with Crippen molar-refractivity contribution in [2.24, 2.45) is 0 Å². The maximum Gasteiger partial charge on any atom is 0.0502 e. The Balaban J connectivity index is 2.28. The average Bonchev–Trinajstić information content (AvgIpc) is 2.07. The Morgan fingerprint density at radius 2 is 2.36 bits per heavy atom. The van der Waals surface area contributed by atoms with Crippen molar-refractivity contribution in [2.75, 3.05) is 5.75 Å². The van der Waals surface area contributed by atoms with E-state index in [1.807, 2.05) is 30.1 Å². The Morgan fingerprint density at radius 3 is 3.00 bits per heavy atom. The van der Waals surface area contributed by atoms with Gasteiger partial charge in [0.15, 0.2) is 0 Å². The van der Waals surface area contributed by atoms with E-state index in [2.05, 4.69) is 18.0 Å². The molecule has 1 aromatic rings. The van der Waals surface area contributed by atoms with E-state index in [0.717, 1.165) is 23.6 Å². The van der Waals surface area contributed by atoms with Crippen molar-refractivity contribution < 1.29 is 0 Å². The maximum absolute atomic E-state index is 4.21. The number of nitrogens with zero attached hydrogens (tertiary/aromatic N) is 1. The van der Waals surface area contributed by atoms with Crippen LogP contribution in [0.4, 0.5) is 0 Å². The molecule has 0 aromatic carbocycles. The minimum absolute atomic E-state index is 0.998. The monoisotopic (exact) mass is 166 g/mol. The molecule has 1 aromatic heterocycles. The molecular weight excluding hydrogens is 154 g/mol. The van der Waals surface area contributed by atoms with Crippen LogP contribution >= 0.6 is 11.8 Å². The summed E-state index contributed by atoms with van der Waals surface area (Å²) in [7, 11) is 0. The Labute approximate surface area is 72.2 Å². The summed E-state index contributed by atoms with van der Waals surface area (Å²) < 4.78 is 0. The first-order valence-corrected chi connectivity index (χ1v) is 4.86. The molecule has 0 aliphatic carbocycles. The predicted octanol–water partition coefficient (Wildman–Crippen LogP) is 2.54. The van der Waals surface area contributed by atoms with Gasteiger partial charge in [0, 0.05) is 11.9 Å². The quantitative estimate of drug-likeness (QED) is 0.637. The molecule has 0 aliphatic heterocycles. The van der Waals surface area contributed by atoms with Gasteiger partial charge in [0.1, 0.15) is 0 Å². The van der Waals surface area contributed by atoms with Gasteiger partial charge in [-0.3, -0.25) is 4.98 Å². The summed E-state index contributed by atoms with van der Waals surface area (Å²) in [4.78, 5) is 4.21. The van der Waals surface area contributed by atoms with Gasteiger partial charge in [-0.05, 0) is 24.3 Å². The Morgan fingerprint density at radius 1 is 1.45 bits per heavy atom. The topological polar surface area (TPSA) is 12.9 Å². The molecule has 0 fully saturated rings. The third-order valence-electron chi connectivity index (χ3n) is 1.26. The van der Waals surface area contributed by atoms with E-state index in [1.54, 1.807) is 0 Å². The highest BCUT2D eigenvalue weighted by molar-refractivity contribution is 7.98. The third kappa shape index (κ3) is 3.42. The summed E-state index contributed by atoms with van der Waals surface area (Å²) >= 11 is 1.88. The molecule has 1 radical (unpaired) electrons. The molecular formula is C9H12NS. The summed E-state index contributed by atoms with van der Waals surface area (Å²) in [5.41, 5.74) is 1.16. The second kappa shape index (κ2) is 5.19. The van der Waals surface area contributed by atoms with Gasteiger partial charge >= 0.3 is 0 Å². The number of hydrogen-bond donors (Lipinski definition) is 0. The van der Waals surface area contributed by atoms with E-state index < -0.39 is 0 Å². The lowest BCUT2D eigenvalue weighted by Gasteiger charge is -1.97. The van der Waals surface area contributed by atoms with Crippen molar-refractivity contribution in [3.05, 3.63) is 37.0 Å². The van der Waals surface area contributed by atoms with Gasteiger partial charge < -0.3 is 0 Å². The van der Waals surface area contributed by atoms with Crippen molar-refractivity contribution in [2.45, 2.75) is 12.2 Å². The number of thioether (sulfide) groups is 1. The van der Waals surface area contributed by atoms with Gasteiger partial charge in [0.2, 0.25) is 0 Å². The smallest absolute Gasteiger partial charge is 0.0502 e. The predicted molar refractivity (Wildman–Crippen MR) is 50.4 cm³/mol. The van der Waals surface area contributed by atoms with Crippen molar-refractivity contribution in [3.8, 4) is 0 Å². The Bertz CT molecular complexity index is 186. The van der Waals surface area contributed by atoms with Crippen LogP contribution in [0.1, 0.15) is 12.1 Å². The first kappa shape index (κ1) is 8.60. The SMILES string of the molecule is [CH2]CCSCc1ccccn1. The molecule has 1 nitrogen and oxygen atoms in total. The van der Waals surface area contributed by atoms with Gasteiger partial charge in [-0.2, -0.15) is 11.8 Å². The van der Waals surface area contributed by atoms with Crippen LogP contribution in [0.3, 0.4) is 0 Å². The van der Waals surface area contributed by atoms with Crippen LogP contribution in [-0.2, 0) is 5.75 Å². The molecule has 1 rings (SSSR count). The maximum atomic E-state index is 4.21. The van der Waals surface area contributed by atoms with Crippen molar-refractivity contribution in [1.29, 1.82) is 0 Å². The van der Waals surface area contributed by atoms with Gasteiger partial charge in [-0.15, -0.1) is 0 Å². The summed E-state index contributed by atoms with van der Waals surface area (Å²) in [6.45, 7) is 3.78. The molecule has 1 heterocycles. The summed E-state index contributed by atoms with van der Waals surface area (Å²) in [6, 6.07) is 6.01. The highest BCUT2D eigenvalue weighted by atomic mass is 32.2. The zero-order valence-corrected chi connectivity index (χ0v) is 7.31. The third-order valence-corrected chi connectivity index (χ3v) is 2.34. The van der Waals surface area contributed by atoms with Crippen LogP contribution in [0, 0.1) is 6.92 Å². The first-order valence-electron chi connectivity index (χ1n) is 3.70. The molecule has 0 aliphatic rings. The van der Waals surface area contributed by atoms with Crippen LogP contribution in [-0.4, -0.2) is 10.7 Å². The number of aromatic nitrogens is 1. The lowest BCUT2D eigenvalue weighted by molar-refractivity contribution is 1.16. The van der Waals surface area contributed by atoms with E-state index in [9.17, 15) is 0 Å². The fraction of sp³-hybridized carbons (Fsp3) is 0.333. The minimum Gasteiger partial charge on any atom is -0.260 e. The van der Waals surface area contributed by atoms with Gasteiger partial charge in [-0.25, -0.2) is 0 Å². The molecule has 0 saturated heterocycles. The minimum atomic E-state index is 0.998. The van der Waals surface area contributed by atoms with Crippen molar-refractivity contribution >= 4 is 11.8 Å². The van der Waals surface area contributed by atoms with Crippen molar-refractivity contribution in [3.63, 3.8) is 0 Å². The van der Waals surface area contributed by atoms with Crippen LogP contribution in [0.2, 0.25) is 0 Å². The lowest BCUT2D eigenvalue weighted by atomic mass is 10.4. The molecule has 11 heavy (non-hydrogen) atoms. The highest BCUT2D eigenvalue weighted by Crippen LogP contribution is 2.09. The molecule has 0 spiro atoms. The number of hydrogen-bond acceptors (Lipinski definition) is 2. The molecule has 0 atom stereocenters. The zero-order chi connectivity index (χ0) is 7.94. The van der Waals surface area contributed by atoms with Crippen LogP contribution < -0.4 is 0 Å². The normalized spacial score (nSPS) is 9.91. The summed E-state index contributed by atoms with van der Waals surface area (Å²) in [6.07, 6.45) is 2.83.